The molecule has 166 valence electrons. The highest BCUT2D eigenvalue weighted by atomic mass is 16.6. The lowest BCUT2D eigenvalue weighted by molar-refractivity contribution is -0.120. The van der Waals surface area contributed by atoms with Crippen molar-refractivity contribution in [2.45, 2.75) is 45.6 Å². The average molecular weight is 425 g/mol. The van der Waals surface area contributed by atoms with Crippen molar-refractivity contribution in [1.29, 1.82) is 0 Å². The largest absolute Gasteiger partial charge is 0.444 e. The fourth-order valence-corrected chi connectivity index (χ4v) is 3.58. The maximum atomic E-state index is 12.7. The maximum absolute atomic E-state index is 12.7. The van der Waals surface area contributed by atoms with Crippen molar-refractivity contribution in [2.24, 2.45) is 5.92 Å². The highest BCUT2D eigenvalue weighted by molar-refractivity contribution is 5.92. The van der Waals surface area contributed by atoms with E-state index in [0.29, 0.717) is 13.0 Å². The van der Waals surface area contributed by atoms with E-state index in [9.17, 15) is 9.59 Å². The number of nitrogens with zero attached hydrogens (tertiary/aromatic N) is 2. The number of pyridine rings is 1. The zero-order valence-corrected chi connectivity index (χ0v) is 18.6. The Morgan fingerprint density at radius 3 is 2.32 bits per heavy atom. The number of anilines is 2. The molecule has 1 aliphatic rings. The van der Waals surface area contributed by atoms with Crippen LogP contribution in [0.2, 0.25) is 0 Å². The molecule has 31 heavy (non-hydrogen) atoms. The van der Waals surface area contributed by atoms with Crippen LogP contribution in [0.4, 0.5) is 16.2 Å². The van der Waals surface area contributed by atoms with Crippen LogP contribution in [-0.4, -0.2) is 42.2 Å². The summed E-state index contributed by atoms with van der Waals surface area (Å²) in [4.78, 5) is 30.7. The lowest BCUT2D eigenvalue weighted by atomic mass is 9.95. The SMILES string of the molecule is CC(C)(C)OC(=O)NCCc1ccc(NC(=O)C2CCN(c3ccncc3)CC2)cc1. The molecule has 0 saturated carbocycles. The van der Waals surface area contributed by atoms with Gasteiger partial charge in [-0.05, 0) is 69.9 Å². The van der Waals surface area contributed by atoms with Crippen LogP contribution in [0.15, 0.2) is 48.8 Å². The van der Waals surface area contributed by atoms with Gasteiger partial charge in [0.2, 0.25) is 5.91 Å². The Kier molecular flexibility index (Phi) is 7.50. The van der Waals surface area contributed by atoms with Crippen molar-refractivity contribution in [1.82, 2.24) is 10.3 Å². The van der Waals surface area contributed by atoms with Crippen LogP contribution < -0.4 is 15.5 Å². The van der Waals surface area contributed by atoms with E-state index in [1.807, 2.05) is 57.2 Å². The smallest absolute Gasteiger partial charge is 0.407 e. The third-order valence-corrected chi connectivity index (χ3v) is 5.20. The number of rotatable bonds is 6. The minimum atomic E-state index is -0.500. The summed E-state index contributed by atoms with van der Waals surface area (Å²) in [6, 6.07) is 11.8. The zero-order valence-electron chi connectivity index (χ0n) is 18.6. The Morgan fingerprint density at radius 2 is 1.71 bits per heavy atom. The van der Waals surface area contributed by atoms with Crippen molar-refractivity contribution in [3.05, 3.63) is 54.4 Å². The van der Waals surface area contributed by atoms with Gasteiger partial charge in [0.1, 0.15) is 5.60 Å². The summed E-state index contributed by atoms with van der Waals surface area (Å²) < 4.78 is 5.22. The van der Waals surface area contributed by atoms with Crippen LogP contribution in [-0.2, 0) is 16.0 Å². The van der Waals surface area contributed by atoms with Crippen LogP contribution >= 0.6 is 0 Å². The summed E-state index contributed by atoms with van der Waals surface area (Å²) in [5, 5.41) is 5.79. The van der Waals surface area contributed by atoms with E-state index >= 15 is 0 Å². The van der Waals surface area contributed by atoms with Gasteiger partial charge in [0.15, 0.2) is 0 Å². The molecule has 7 nitrogen and oxygen atoms in total. The fourth-order valence-electron chi connectivity index (χ4n) is 3.58. The third kappa shape index (κ3) is 7.27. The Bertz CT molecular complexity index is 855. The molecular weight excluding hydrogens is 392 g/mol. The Hall–Kier alpha value is -3.09. The van der Waals surface area contributed by atoms with E-state index < -0.39 is 11.7 Å². The second-order valence-corrected chi connectivity index (χ2v) is 8.83. The van der Waals surface area contributed by atoms with Gasteiger partial charge in [-0.15, -0.1) is 0 Å². The van der Waals surface area contributed by atoms with Crippen LogP contribution in [0.5, 0.6) is 0 Å². The maximum Gasteiger partial charge on any atom is 0.407 e. The predicted octanol–water partition coefficient (Wildman–Crippen LogP) is 4.00. The van der Waals surface area contributed by atoms with Crippen molar-refractivity contribution in [2.75, 3.05) is 29.9 Å². The first-order valence-corrected chi connectivity index (χ1v) is 10.8. The van der Waals surface area contributed by atoms with Crippen LogP contribution in [0.3, 0.4) is 0 Å². The number of ether oxygens (including phenoxy) is 1. The second kappa shape index (κ2) is 10.3. The minimum absolute atomic E-state index is 0.0239. The number of piperidine rings is 1. The molecule has 0 atom stereocenters. The molecule has 7 heteroatoms. The standard InChI is InChI=1S/C24H32N4O3/c1-24(2,3)31-23(30)26-15-8-18-4-6-20(7-5-18)27-22(29)19-11-16-28(17-12-19)21-9-13-25-14-10-21/h4-7,9-10,13-14,19H,8,11-12,15-17H2,1-3H3,(H,26,30)(H,27,29). The average Bonchev–Trinajstić information content (AvgIpc) is 2.74. The number of carbonyl (C=O) groups excluding carboxylic acids is 2. The summed E-state index contributed by atoms with van der Waals surface area (Å²) in [6.45, 7) is 7.74. The number of nitrogens with one attached hydrogen (secondary N) is 2. The summed E-state index contributed by atoms with van der Waals surface area (Å²) in [6.07, 6.45) is 5.55. The number of alkyl carbamates (subject to hydrolysis) is 1. The van der Waals surface area contributed by atoms with Crippen molar-refractivity contribution in [3.63, 3.8) is 0 Å². The molecule has 3 rings (SSSR count). The zero-order chi connectivity index (χ0) is 22.3. The van der Waals surface area contributed by atoms with Crippen LogP contribution in [0.1, 0.15) is 39.2 Å². The van der Waals surface area contributed by atoms with Gasteiger partial charge in [0.25, 0.3) is 0 Å². The topological polar surface area (TPSA) is 83.6 Å². The molecule has 2 aromatic rings. The molecule has 0 unspecified atom stereocenters. The number of hydrogen-bond donors (Lipinski definition) is 2. The van der Waals surface area contributed by atoms with Crippen LogP contribution in [0, 0.1) is 5.92 Å². The molecule has 1 saturated heterocycles. The van der Waals surface area contributed by atoms with Crippen molar-refractivity contribution < 1.29 is 14.3 Å². The monoisotopic (exact) mass is 424 g/mol. The Labute approximate surface area is 184 Å². The molecule has 2 N–H and O–H groups in total. The molecule has 1 fully saturated rings. The summed E-state index contributed by atoms with van der Waals surface area (Å²) in [5.41, 5.74) is 2.54. The molecule has 0 aliphatic carbocycles. The van der Waals surface area contributed by atoms with Gasteiger partial charge in [-0.2, -0.15) is 0 Å². The first-order valence-electron chi connectivity index (χ1n) is 10.8. The molecular formula is C24H32N4O3. The number of benzene rings is 1. The third-order valence-electron chi connectivity index (χ3n) is 5.20. The number of carbonyl (C=O) groups is 2. The summed E-state index contributed by atoms with van der Waals surface area (Å²) in [7, 11) is 0. The van der Waals surface area contributed by atoms with Crippen molar-refractivity contribution >= 4 is 23.4 Å². The molecule has 0 radical (unpaired) electrons. The highest BCUT2D eigenvalue weighted by Gasteiger charge is 2.25. The lowest BCUT2D eigenvalue weighted by Gasteiger charge is -2.32. The quantitative estimate of drug-likeness (QED) is 0.732. The summed E-state index contributed by atoms with van der Waals surface area (Å²) in [5.74, 6) is 0.101. The Morgan fingerprint density at radius 1 is 1.06 bits per heavy atom. The lowest BCUT2D eigenvalue weighted by Crippen LogP contribution is -2.38. The molecule has 0 bridgehead atoms. The van der Waals surface area contributed by atoms with Gasteiger partial charge >= 0.3 is 6.09 Å². The fraction of sp³-hybridized carbons (Fsp3) is 0.458. The number of amides is 2. The van der Waals surface area contributed by atoms with Gasteiger partial charge in [-0.3, -0.25) is 9.78 Å². The summed E-state index contributed by atoms with van der Waals surface area (Å²) >= 11 is 0. The van der Waals surface area contributed by atoms with Crippen LogP contribution in [0.25, 0.3) is 0 Å². The van der Waals surface area contributed by atoms with Gasteiger partial charge in [-0.25, -0.2) is 4.79 Å². The first kappa shape index (κ1) is 22.6. The predicted molar refractivity (Wildman–Crippen MR) is 122 cm³/mol. The highest BCUT2D eigenvalue weighted by Crippen LogP contribution is 2.24. The van der Waals surface area contributed by atoms with Gasteiger partial charge in [0.05, 0.1) is 0 Å². The van der Waals surface area contributed by atoms with Gasteiger partial charge in [0, 0.05) is 49.3 Å². The molecule has 1 aromatic heterocycles. The van der Waals surface area contributed by atoms with Crippen molar-refractivity contribution in [3.8, 4) is 0 Å². The normalized spacial score (nSPS) is 14.7. The van der Waals surface area contributed by atoms with E-state index in [1.165, 1.54) is 0 Å². The number of aromatic nitrogens is 1. The van der Waals surface area contributed by atoms with Gasteiger partial charge in [-0.1, -0.05) is 12.1 Å². The molecule has 1 aliphatic heterocycles. The number of hydrogen-bond acceptors (Lipinski definition) is 5. The molecule has 2 amide bonds. The van der Waals surface area contributed by atoms with E-state index in [0.717, 1.165) is 42.9 Å². The Balaban J connectivity index is 1.40. The first-order chi connectivity index (χ1) is 14.8. The molecule has 1 aromatic carbocycles. The second-order valence-electron chi connectivity index (χ2n) is 8.83. The van der Waals surface area contributed by atoms with E-state index in [-0.39, 0.29) is 11.8 Å². The molecule has 2 heterocycles. The molecule has 0 spiro atoms. The van der Waals surface area contributed by atoms with E-state index in [4.69, 9.17) is 4.74 Å². The van der Waals surface area contributed by atoms with Gasteiger partial charge < -0.3 is 20.3 Å². The van der Waals surface area contributed by atoms with E-state index in [2.05, 4.69) is 20.5 Å². The van der Waals surface area contributed by atoms with E-state index in [1.54, 1.807) is 12.4 Å². The minimum Gasteiger partial charge on any atom is -0.444 e.